The van der Waals surface area contributed by atoms with E-state index in [-0.39, 0.29) is 16.9 Å². The number of non-ortho nitro benzene ring substituents is 1. The summed E-state index contributed by atoms with van der Waals surface area (Å²) < 4.78 is 0.992. The first-order valence-electron chi connectivity index (χ1n) is 6.32. The molecule has 0 saturated carbocycles. The third-order valence-electron chi connectivity index (χ3n) is 2.96. The van der Waals surface area contributed by atoms with E-state index in [1.165, 1.54) is 19.2 Å². The number of amides is 2. The summed E-state index contributed by atoms with van der Waals surface area (Å²) in [7, 11) is 1.33. The highest BCUT2D eigenvalue weighted by Crippen LogP contribution is 2.16. The molecule has 2 rings (SSSR count). The lowest BCUT2D eigenvalue weighted by atomic mass is 10.2. The number of nitrogens with zero attached hydrogens (tertiary/aromatic N) is 4. The molecule has 0 radical (unpaired) electrons. The van der Waals surface area contributed by atoms with E-state index in [4.69, 9.17) is 0 Å². The molecule has 0 aliphatic rings. The molecular weight excluding hydrogens is 324 g/mol. The Bertz CT molecular complexity index is 827. The molecule has 1 aromatic heterocycles. The number of hydrazine groups is 1. The zero-order chi connectivity index (χ0) is 17.9. The highest BCUT2D eigenvalue weighted by atomic mass is 16.6. The Kier molecular flexibility index (Phi) is 4.49. The van der Waals surface area contributed by atoms with Crippen molar-refractivity contribution in [1.29, 1.82) is 0 Å². The van der Waals surface area contributed by atoms with Crippen molar-refractivity contribution >= 4 is 23.2 Å². The van der Waals surface area contributed by atoms with Crippen LogP contribution in [-0.4, -0.2) is 31.4 Å². The highest BCUT2D eigenvalue weighted by molar-refractivity contribution is 6.00. The van der Waals surface area contributed by atoms with Gasteiger partial charge in [-0.05, 0) is 12.1 Å². The van der Waals surface area contributed by atoms with Gasteiger partial charge in [0.25, 0.3) is 17.5 Å². The first-order chi connectivity index (χ1) is 11.3. The van der Waals surface area contributed by atoms with Gasteiger partial charge in [0.2, 0.25) is 5.69 Å². The molecule has 0 unspecified atom stereocenters. The van der Waals surface area contributed by atoms with Crippen LogP contribution in [0.25, 0.3) is 0 Å². The predicted molar refractivity (Wildman–Crippen MR) is 77.9 cm³/mol. The molecule has 0 atom stereocenters. The average Bonchev–Trinajstić information content (AvgIpc) is 2.94. The highest BCUT2D eigenvalue weighted by Gasteiger charge is 2.25. The molecule has 24 heavy (non-hydrogen) atoms. The number of carbonyl (C=O) groups excluding carboxylic acids is 2. The minimum atomic E-state index is -0.933. The van der Waals surface area contributed by atoms with Crippen molar-refractivity contribution in [2.24, 2.45) is 7.05 Å². The van der Waals surface area contributed by atoms with Gasteiger partial charge in [0, 0.05) is 24.7 Å². The van der Waals surface area contributed by atoms with E-state index in [2.05, 4.69) is 10.5 Å². The zero-order valence-electron chi connectivity index (χ0n) is 12.1. The molecule has 0 bridgehead atoms. The van der Waals surface area contributed by atoms with Crippen molar-refractivity contribution in [2.75, 3.05) is 0 Å². The molecule has 2 amide bonds. The number of carbonyl (C=O) groups is 2. The van der Waals surface area contributed by atoms with Crippen molar-refractivity contribution in [1.82, 2.24) is 20.6 Å². The topological polar surface area (TPSA) is 162 Å². The summed E-state index contributed by atoms with van der Waals surface area (Å²) >= 11 is 0. The summed E-state index contributed by atoms with van der Waals surface area (Å²) in [4.78, 5) is 43.8. The van der Waals surface area contributed by atoms with Crippen LogP contribution in [-0.2, 0) is 7.05 Å². The summed E-state index contributed by atoms with van der Waals surface area (Å²) in [6.45, 7) is 0. The van der Waals surface area contributed by atoms with Crippen LogP contribution in [0.1, 0.15) is 20.8 Å². The second-order valence-corrected chi connectivity index (χ2v) is 4.47. The summed E-state index contributed by atoms with van der Waals surface area (Å²) in [5, 5.41) is 25.0. The van der Waals surface area contributed by atoms with E-state index in [1.807, 2.05) is 5.43 Å². The van der Waals surface area contributed by atoms with Gasteiger partial charge >= 0.3 is 5.69 Å². The Morgan fingerprint density at radius 3 is 2.17 bits per heavy atom. The molecule has 12 heteroatoms. The van der Waals surface area contributed by atoms with Gasteiger partial charge in [-0.3, -0.25) is 45.4 Å². The number of hydrogen-bond acceptors (Lipinski definition) is 7. The minimum absolute atomic E-state index is 0.0559. The van der Waals surface area contributed by atoms with E-state index in [9.17, 15) is 29.8 Å². The molecule has 2 aromatic rings. The Morgan fingerprint density at radius 1 is 1.04 bits per heavy atom. The Balaban J connectivity index is 2.06. The van der Waals surface area contributed by atoms with Gasteiger partial charge in [-0.25, -0.2) is 0 Å². The number of rotatable bonds is 4. The maximum Gasteiger partial charge on any atom is 0.320 e. The number of aromatic nitrogens is 2. The summed E-state index contributed by atoms with van der Waals surface area (Å²) in [5.74, 6) is -1.68. The molecule has 1 heterocycles. The van der Waals surface area contributed by atoms with Crippen molar-refractivity contribution in [3.63, 3.8) is 0 Å². The van der Waals surface area contributed by atoms with Gasteiger partial charge < -0.3 is 0 Å². The smallest absolute Gasteiger partial charge is 0.267 e. The summed E-state index contributed by atoms with van der Waals surface area (Å²) in [6, 6.07) is 4.66. The summed E-state index contributed by atoms with van der Waals surface area (Å²) in [6.07, 6.45) is 0.910. The number of benzene rings is 1. The van der Waals surface area contributed by atoms with E-state index >= 15 is 0 Å². The van der Waals surface area contributed by atoms with E-state index < -0.39 is 27.3 Å². The van der Waals surface area contributed by atoms with E-state index in [1.54, 1.807) is 0 Å². The van der Waals surface area contributed by atoms with Gasteiger partial charge in [-0.2, -0.15) is 5.10 Å². The number of nitro benzene ring substituents is 1. The van der Waals surface area contributed by atoms with Gasteiger partial charge in [0.15, 0.2) is 0 Å². The fourth-order valence-electron chi connectivity index (χ4n) is 1.80. The standard InChI is InChI=1S/C12H10N6O6/c1-16-10(9(6-13-16)18(23)24)12(20)15-14-11(19)7-2-4-8(5-3-7)17(21)22/h2-6H,1H3,(H,14,19)(H,15,20). The lowest BCUT2D eigenvalue weighted by Gasteiger charge is -2.07. The number of hydrogen-bond donors (Lipinski definition) is 2. The second-order valence-electron chi connectivity index (χ2n) is 4.47. The molecule has 12 nitrogen and oxygen atoms in total. The fourth-order valence-corrected chi connectivity index (χ4v) is 1.80. The molecule has 124 valence electrons. The molecule has 2 N–H and O–H groups in total. The molecule has 0 aliphatic heterocycles. The van der Waals surface area contributed by atoms with Crippen LogP contribution in [0.5, 0.6) is 0 Å². The van der Waals surface area contributed by atoms with Crippen molar-refractivity contribution in [3.8, 4) is 0 Å². The first-order valence-corrected chi connectivity index (χ1v) is 6.32. The van der Waals surface area contributed by atoms with Crippen LogP contribution in [0.3, 0.4) is 0 Å². The lowest BCUT2D eigenvalue weighted by Crippen LogP contribution is -2.42. The molecule has 1 aromatic carbocycles. The Labute approximate surface area is 133 Å². The van der Waals surface area contributed by atoms with Gasteiger partial charge in [-0.15, -0.1) is 0 Å². The fraction of sp³-hybridized carbons (Fsp3) is 0.0833. The van der Waals surface area contributed by atoms with Gasteiger partial charge in [0.05, 0.1) is 9.85 Å². The third-order valence-corrected chi connectivity index (χ3v) is 2.96. The quantitative estimate of drug-likeness (QED) is 0.600. The van der Waals surface area contributed by atoms with Crippen molar-refractivity contribution in [2.45, 2.75) is 0 Å². The third kappa shape index (κ3) is 3.32. The van der Waals surface area contributed by atoms with Crippen molar-refractivity contribution < 1.29 is 19.4 Å². The molecule has 0 fully saturated rings. The molecular formula is C12H10N6O6. The van der Waals surface area contributed by atoms with Crippen LogP contribution in [0.4, 0.5) is 11.4 Å². The maximum absolute atomic E-state index is 12.0. The van der Waals surface area contributed by atoms with Crippen LogP contribution in [0.2, 0.25) is 0 Å². The van der Waals surface area contributed by atoms with Gasteiger partial charge in [0.1, 0.15) is 6.20 Å². The van der Waals surface area contributed by atoms with E-state index in [0.717, 1.165) is 23.0 Å². The molecule has 0 spiro atoms. The molecule has 0 saturated heterocycles. The predicted octanol–water partition coefficient (Wildman–Crippen LogP) is 0.311. The zero-order valence-corrected chi connectivity index (χ0v) is 12.1. The van der Waals surface area contributed by atoms with Crippen LogP contribution in [0.15, 0.2) is 30.5 Å². The minimum Gasteiger partial charge on any atom is -0.267 e. The van der Waals surface area contributed by atoms with Gasteiger partial charge in [-0.1, -0.05) is 0 Å². The first kappa shape index (κ1) is 16.5. The normalized spacial score (nSPS) is 10.0. The van der Waals surface area contributed by atoms with E-state index in [0.29, 0.717) is 0 Å². The van der Waals surface area contributed by atoms with Crippen molar-refractivity contribution in [3.05, 3.63) is 61.9 Å². The van der Waals surface area contributed by atoms with Crippen LogP contribution in [0, 0.1) is 20.2 Å². The van der Waals surface area contributed by atoms with Crippen LogP contribution < -0.4 is 10.9 Å². The number of nitro groups is 2. The Morgan fingerprint density at radius 2 is 1.62 bits per heavy atom. The molecule has 0 aliphatic carbocycles. The average molecular weight is 334 g/mol. The summed E-state index contributed by atoms with van der Waals surface area (Å²) in [5.41, 5.74) is 3.08. The van der Waals surface area contributed by atoms with Crippen LogP contribution >= 0.6 is 0 Å². The largest absolute Gasteiger partial charge is 0.320 e. The number of nitrogens with one attached hydrogen (secondary N) is 2. The monoisotopic (exact) mass is 334 g/mol. The Hall–Kier alpha value is -3.83. The maximum atomic E-state index is 12.0. The number of aryl methyl sites for hydroxylation is 1. The SMILES string of the molecule is Cn1ncc([N+](=O)[O-])c1C(=O)NNC(=O)c1ccc([N+](=O)[O-])cc1. The lowest BCUT2D eigenvalue weighted by molar-refractivity contribution is -0.385. The second kappa shape index (κ2) is 6.51.